The average molecular weight is 565 g/mol. The van der Waals surface area contributed by atoms with Gasteiger partial charge < -0.3 is 14.2 Å². The Morgan fingerprint density at radius 2 is 1.14 bits per heavy atom. The molecule has 3 aromatic rings. The number of rotatable bonds is 6. The Morgan fingerprint density at radius 3 is 1.48 bits per heavy atom. The van der Waals surface area contributed by atoms with E-state index in [2.05, 4.69) is 36.8 Å². The first-order valence-corrected chi connectivity index (χ1v) is 11.3. The molecule has 3 aromatic carbocycles. The third kappa shape index (κ3) is 6.88. The first kappa shape index (κ1) is 25.0. The molecule has 9 heteroatoms. The summed E-state index contributed by atoms with van der Waals surface area (Å²) in [5, 5.41) is 0. The van der Waals surface area contributed by atoms with Gasteiger partial charge in [-0.05, 0) is 79.7 Å². The van der Waals surface area contributed by atoms with Gasteiger partial charge in [-0.3, -0.25) is 0 Å². The molecule has 0 saturated heterocycles. The maximum atomic E-state index is 11.0. The number of hydrogen-bond donors (Lipinski definition) is 0. The molecule has 0 saturated carbocycles. The molecule has 1 atom stereocenters. The van der Waals surface area contributed by atoms with E-state index in [9.17, 15) is 13.0 Å². The largest absolute Gasteiger partial charge is 1.00 e. The molecule has 0 fully saturated rings. The number of nitrogens with zero attached hydrogens (tertiary/aromatic N) is 1. The van der Waals surface area contributed by atoms with Gasteiger partial charge in [0.25, 0.3) is 0 Å². The number of halogens is 2. The molecule has 146 valence electrons. The molecule has 0 amide bonds. The second-order valence-electron chi connectivity index (χ2n) is 5.96. The summed E-state index contributed by atoms with van der Waals surface area (Å²) < 4.78 is 40.3. The first-order chi connectivity index (χ1) is 13.2. The van der Waals surface area contributed by atoms with Gasteiger partial charge in [-0.25, -0.2) is 8.42 Å². The van der Waals surface area contributed by atoms with Crippen LogP contribution in [-0.2, 0) is 10.1 Å². The van der Waals surface area contributed by atoms with Crippen LogP contribution in [0.15, 0.2) is 81.7 Å². The van der Waals surface area contributed by atoms with Gasteiger partial charge in [0.1, 0.15) is 15.9 Å². The van der Waals surface area contributed by atoms with Gasteiger partial charge in [-0.2, -0.15) is 0 Å². The summed E-state index contributed by atoms with van der Waals surface area (Å²) in [6, 6.07) is 22.7. The molecule has 0 spiro atoms. The van der Waals surface area contributed by atoms with Crippen LogP contribution in [0.1, 0.15) is 6.92 Å². The van der Waals surface area contributed by atoms with Crippen LogP contribution >= 0.6 is 31.9 Å². The predicted octanol–water partition coefficient (Wildman–Crippen LogP) is 2.96. The zero-order chi connectivity index (χ0) is 20.3. The van der Waals surface area contributed by atoms with Gasteiger partial charge in [0, 0.05) is 26.0 Å². The van der Waals surface area contributed by atoms with Crippen molar-refractivity contribution in [3.05, 3.63) is 81.7 Å². The molecular weight excluding hydrogens is 549 g/mol. The molecule has 0 aliphatic rings. The topological polar surface area (TPSA) is 69.7 Å². The Kier molecular flexibility index (Phi) is 9.39. The van der Waals surface area contributed by atoms with E-state index in [4.69, 9.17) is 4.74 Å². The van der Waals surface area contributed by atoms with Crippen molar-refractivity contribution < 1.29 is 69.1 Å². The molecule has 0 radical (unpaired) electrons. The summed E-state index contributed by atoms with van der Waals surface area (Å²) in [6.45, 7) is 1.21. The molecule has 0 aliphatic heterocycles. The third-order valence-corrected chi connectivity index (χ3v) is 5.94. The van der Waals surface area contributed by atoms with E-state index in [0.29, 0.717) is 5.75 Å². The van der Waals surface area contributed by atoms with Crippen LogP contribution in [-0.4, -0.2) is 18.4 Å². The first-order valence-electron chi connectivity index (χ1n) is 8.27. The van der Waals surface area contributed by atoms with Crippen LogP contribution in [0.25, 0.3) is 0 Å². The van der Waals surface area contributed by atoms with E-state index in [1.165, 1.54) is 6.92 Å². The summed E-state index contributed by atoms with van der Waals surface area (Å²) in [6.07, 6.45) is 0. The quantitative estimate of drug-likeness (QED) is 0.340. The van der Waals surface area contributed by atoms with Gasteiger partial charge >= 0.3 is 51.4 Å². The third-order valence-electron chi connectivity index (χ3n) is 3.97. The minimum absolute atomic E-state index is 0. The number of hydrogen-bond acceptors (Lipinski definition) is 5. The van der Waals surface area contributed by atoms with Crippen LogP contribution in [0.4, 0.5) is 17.1 Å². The van der Waals surface area contributed by atoms with Crippen molar-refractivity contribution in [1.82, 2.24) is 0 Å². The zero-order valence-electron chi connectivity index (χ0n) is 15.7. The Bertz CT molecular complexity index is 998. The SMILES string of the molecule is CC(Oc1ccc(N(c2ccc(Br)cc2)c2ccc(Br)cc2)cc1)S(=O)(=O)[O-].[K+]. The molecule has 29 heavy (non-hydrogen) atoms. The monoisotopic (exact) mass is 563 g/mol. The van der Waals surface area contributed by atoms with Crippen molar-refractivity contribution in [1.29, 1.82) is 0 Å². The maximum Gasteiger partial charge on any atom is 1.00 e. The van der Waals surface area contributed by atoms with Gasteiger partial charge in [0.2, 0.25) is 0 Å². The molecule has 5 nitrogen and oxygen atoms in total. The summed E-state index contributed by atoms with van der Waals surface area (Å²) in [5.41, 5.74) is 1.31. The summed E-state index contributed by atoms with van der Waals surface area (Å²) in [7, 11) is -4.51. The fourth-order valence-corrected chi connectivity index (χ4v) is 3.31. The van der Waals surface area contributed by atoms with Crippen molar-refractivity contribution in [2.45, 2.75) is 12.4 Å². The van der Waals surface area contributed by atoms with Crippen LogP contribution in [0, 0.1) is 0 Å². The number of anilines is 3. The van der Waals surface area contributed by atoms with Crippen LogP contribution in [0.2, 0.25) is 0 Å². The molecule has 1 unspecified atom stereocenters. The van der Waals surface area contributed by atoms with Crippen LogP contribution in [0.3, 0.4) is 0 Å². The van der Waals surface area contributed by atoms with Gasteiger partial charge in [0.05, 0.1) is 0 Å². The number of ether oxygens (including phenoxy) is 1. The van der Waals surface area contributed by atoms with Gasteiger partial charge in [0.15, 0.2) is 5.44 Å². The fourth-order valence-electron chi connectivity index (χ4n) is 2.55. The normalized spacial score (nSPS) is 12.0. The fraction of sp³-hybridized carbons (Fsp3) is 0.100. The standard InChI is InChI=1S/C20H17Br2NO4S.K/c1-14(28(24,25)26)27-20-12-10-19(11-13-20)23(17-6-2-15(21)3-7-17)18-8-4-16(22)5-9-18;/h2-14H,1H3,(H,24,25,26);/q;+1/p-1. The van der Waals surface area contributed by atoms with E-state index >= 15 is 0 Å². The van der Waals surface area contributed by atoms with E-state index < -0.39 is 15.6 Å². The second kappa shape index (κ2) is 10.9. The summed E-state index contributed by atoms with van der Waals surface area (Å²) in [4.78, 5) is 2.05. The maximum absolute atomic E-state index is 11.0. The van der Waals surface area contributed by atoms with Crippen LogP contribution < -0.4 is 61.0 Å². The number of benzene rings is 3. The predicted molar refractivity (Wildman–Crippen MR) is 116 cm³/mol. The Hall–Kier alpha value is -0.234. The van der Waals surface area contributed by atoms with Crippen molar-refractivity contribution in [3.8, 4) is 5.75 Å². The Morgan fingerprint density at radius 1 is 0.793 bits per heavy atom. The molecule has 3 rings (SSSR count). The van der Waals surface area contributed by atoms with E-state index in [0.717, 1.165) is 26.0 Å². The average Bonchev–Trinajstić information content (AvgIpc) is 2.65. The van der Waals surface area contributed by atoms with E-state index in [-0.39, 0.29) is 51.4 Å². The molecule has 0 heterocycles. The van der Waals surface area contributed by atoms with Crippen molar-refractivity contribution in [3.63, 3.8) is 0 Å². The smallest absolute Gasteiger partial charge is 0.745 e. The minimum Gasteiger partial charge on any atom is -0.745 e. The van der Waals surface area contributed by atoms with Crippen molar-refractivity contribution in [2.24, 2.45) is 0 Å². The summed E-state index contributed by atoms with van der Waals surface area (Å²) >= 11 is 6.90. The molecule has 0 bridgehead atoms. The summed E-state index contributed by atoms with van der Waals surface area (Å²) in [5.74, 6) is 0.308. The van der Waals surface area contributed by atoms with Gasteiger partial charge in [-0.15, -0.1) is 0 Å². The molecule has 0 aromatic heterocycles. The molecular formula is C20H16Br2KNO4S. The van der Waals surface area contributed by atoms with E-state index in [1.807, 2.05) is 60.7 Å². The van der Waals surface area contributed by atoms with Crippen molar-refractivity contribution >= 4 is 59.0 Å². The second-order valence-corrected chi connectivity index (χ2v) is 9.44. The Labute approximate surface area is 229 Å². The van der Waals surface area contributed by atoms with Gasteiger partial charge in [-0.1, -0.05) is 31.9 Å². The van der Waals surface area contributed by atoms with Crippen molar-refractivity contribution in [2.75, 3.05) is 4.90 Å². The zero-order valence-corrected chi connectivity index (χ0v) is 22.9. The molecule has 0 aliphatic carbocycles. The minimum atomic E-state index is -4.51. The van der Waals surface area contributed by atoms with E-state index in [1.54, 1.807) is 12.1 Å². The molecule has 0 N–H and O–H groups in total. The van der Waals surface area contributed by atoms with Crippen LogP contribution in [0.5, 0.6) is 5.75 Å². The Balaban J connectivity index is 0.00000300.